The van der Waals surface area contributed by atoms with Crippen LogP contribution in [0.3, 0.4) is 0 Å². The molecule has 2 aliphatic heterocycles. The normalized spacial score (nSPS) is 30.2. The lowest BCUT2D eigenvalue weighted by atomic mass is 9.82. The van der Waals surface area contributed by atoms with Crippen molar-refractivity contribution in [3.8, 4) is 5.75 Å². The standard InChI is InChI=1S/C17H25NO2/c1-2-13-20-15-8-4-3-7-14(15)17(19)10-12-18-11-6-5-9-16(17)18/h3-4,7-8,16,19H,2,5-6,9-13H2,1H3. The van der Waals surface area contributed by atoms with Crippen LogP contribution in [0, 0.1) is 0 Å². The summed E-state index contributed by atoms with van der Waals surface area (Å²) in [5.41, 5.74) is 0.257. The molecule has 1 N–H and O–H groups in total. The molecule has 2 fully saturated rings. The third kappa shape index (κ3) is 2.33. The average molecular weight is 275 g/mol. The van der Waals surface area contributed by atoms with E-state index in [1.807, 2.05) is 24.3 Å². The molecular weight excluding hydrogens is 250 g/mol. The maximum Gasteiger partial charge on any atom is 0.125 e. The second kappa shape index (κ2) is 5.74. The molecule has 0 aromatic heterocycles. The van der Waals surface area contributed by atoms with E-state index in [2.05, 4.69) is 11.8 Å². The third-order valence-electron chi connectivity index (χ3n) is 4.76. The van der Waals surface area contributed by atoms with Crippen molar-refractivity contribution in [1.82, 2.24) is 4.90 Å². The van der Waals surface area contributed by atoms with Gasteiger partial charge in [-0.2, -0.15) is 0 Å². The Balaban J connectivity index is 1.91. The number of hydrogen-bond donors (Lipinski definition) is 1. The number of piperidine rings is 1. The molecule has 3 rings (SSSR count). The maximum absolute atomic E-state index is 11.3. The van der Waals surface area contributed by atoms with E-state index in [1.165, 1.54) is 12.8 Å². The van der Waals surface area contributed by atoms with Gasteiger partial charge in [-0.1, -0.05) is 31.5 Å². The molecule has 110 valence electrons. The number of para-hydroxylation sites is 1. The second-order valence-corrected chi connectivity index (χ2v) is 6.07. The molecule has 2 saturated heterocycles. The van der Waals surface area contributed by atoms with Gasteiger partial charge in [-0.05, 0) is 38.3 Å². The van der Waals surface area contributed by atoms with Crippen LogP contribution in [0.1, 0.15) is 44.6 Å². The maximum atomic E-state index is 11.3. The molecule has 2 unspecified atom stereocenters. The largest absolute Gasteiger partial charge is 0.493 e. The van der Waals surface area contributed by atoms with E-state index >= 15 is 0 Å². The number of ether oxygens (including phenoxy) is 1. The molecule has 2 heterocycles. The van der Waals surface area contributed by atoms with E-state index < -0.39 is 5.60 Å². The van der Waals surface area contributed by atoms with Crippen LogP contribution in [0.25, 0.3) is 0 Å². The van der Waals surface area contributed by atoms with Gasteiger partial charge in [0.2, 0.25) is 0 Å². The van der Waals surface area contributed by atoms with Gasteiger partial charge in [0.05, 0.1) is 6.61 Å². The van der Waals surface area contributed by atoms with Crippen molar-refractivity contribution < 1.29 is 9.84 Å². The zero-order valence-electron chi connectivity index (χ0n) is 12.3. The number of nitrogens with zero attached hydrogens (tertiary/aromatic N) is 1. The van der Waals surface area contributed by atoms with Crippen LogP contribution < -0.4 is 4.74 Å². The first-order valence-electron chi connectivity index (χ1n) is 7.94. The number of fused-ring (bicyclic) bond motifs is 1. The van der Waals surface area contributed by atoms with Crippen molar-refractivity contribution in [1.29, 1.82) is 0 Å². The lowest BCUT2D eigenvalue weighted by molar-refractivity contribution is -0.0158. The van der Waals surface area contributed by atoms with E-state index in [1.54, 1.807) is 0 Å². The summed E-state index contributed by atoms with van der Waals surface area (Å²) in [5.74, 6) is 0.865. The monoisotopic (exact) mass is 275 g/mol. The lowest BCUT2D eigenvalue weighted by Crippen LogP contribution is -2.45. The van der Waals surface area contributed by atoms with E-state index in [0.29, 0.717) is 6.61 Å². The Labute approximate surface area is 121 Å². The van der Waals surface area contributed by atoms with Gasteiger partial charge < -0.3 is 9.84 Å². The summed E-state index contributed by atoms with van der Waals surface area (Å²) in [4.78, 5) is 2.46. The van der Waals surface area contributed by atoms with Crippen LogP contribution in [0.4, 0.5) is 0 Å². The fraction of sp³-hybridized carbons (Fsp3) is 0.647. The van der Waals surface area contributed by atoms with Gasteiger partial charge in [-0.25, -0.2) is 0 Å². The Bertz CT molecular complexity index is 462. The van der Waals surface area contributed by atoms with Crippen molar-refractivity contribution >= 4 is 0 Å². The van der Waals surface area contributed by atoms with Crippen LogP contribution in [0.5, 0.6) is 5.75 Å². The predicted octanol–water partition coefficient (Wildman–Crippen LogP) is 2.92. The third-order valence-corrected chi connectivity index (χ3v) is 4.76. The summed E-state index contributed by atoms with van der Waals surface area (Å²) in [5, 5.41) is 11.3. The molecule has 0 radical (unpaired) electrons. The molecule has 20 heavy (non-hydrogen) atoms. The van der Waals surface area contributed by atoms with Crippen molar-refractivity contribution in [2.75, 3.05) is 19.7 Å². The first kappa shape index (κ1) is 13.9. The minimum atomic E-state index is -0.731. The Hall–Kier alpha value is -1.06. The van der Waals surface area contributed by atoms with Gasteiger partial charge in [0.1, 0.15) is 11.4 Å². The first-order valence-corrected chi connectivity index (χ1v) is 7.94. The summed E-state index contributed by atoms with van der Waals surface area (Å²) in [6, 6.07) is 8.31. The molecular formula is C17H25NO2. The number of rotatable bonds is 4. The highest BCUT2D eigenvalue weighted by Crippen LogP contribution is 2.45. The van der Waals surface area contributed by atoms with Gasteiger partial charge in [0.15, 0.2) is 0 Å². The summed E-state index contributed by atoms with van der Waals surface area (Å²) in [6.45, 7) is 4.95. The number of hydrogen-bond acceptors (Lipinski definition) is 3. The van der Waals surface area contributed by atoms with Crippen molar-refractivity contribution in [2.24, 2.45) is 0 Å². The van der Waals surface area contributed by atoms with Crippen LogP contribution in [-0.2, 0) is 5.60 Å². The van der Waals surface area contributed by atoms with Crippen molar-refractivity contribution in [2.45, 2.75) is 50.7 Å². The molecule has 2 atom stereocenters. The van der Waals surface area contributed by atoms with Crippen molar-refractivity contribution in [3.05, 3.63) is 29.8 Å². The average Bonchev–Trinajstić information content (AvgIpc) is 2.84. The first-order chi connectivity index (χ1) is 9.75. The molecule has 0 spiro atoms. The van der Waals surface area contributed by atoms with Gasteiger partial charge in [-0.15, -0.1) is 0 Å². The second-order valence-electron chi connectivity index (χ2n) is 6.07. The van der Waals surface area contributed by atoms with Crippen LogP contribution in [0.15, 0.2) is 24.3 Å². The molecule has 0 amide bonds. The zero-order chi connectivity index (χ0) is 14.0. The van der Waals surface area contributed by atoms with Crippen LogP contribution in [-0.4, -0.2) is 35.7 Å². The Morgan fingerprint density at radius 3 is 3.00 bits per heavy atom. The molecule has 0 aliphatic carbocycles. The zero-order valence-corrected chi connectivity index (χ0v) is 12.3. The minimum Gasteiger partial charge on any atom is -0.493 e. The summed E-state index contributed by atoms with van der Waals surface area (Å²) in [6.07, 6.45) is 5.40. The Morgan fingerprint density at radius 1 is 1.30 bits per heavy atom. The topological polar surface area (TPSA) is 32.7 Å². The molecule has 2 aliphatic rings. The quantitative estimate of drug-likeness (QED) is 0.917. The molecule has 0 bridgehead atoms. The molecule has 0 saturated carbocycles. The number of benzene rings is 1. The SMILES string of the molecule is CCCOc1ccccc1C1(O)CCN2CCCCC21. The van der Waals surface area contributed by atoms with E-state index in [9.17, 15) is 5.11 Å². The molecule has 1 aromatic carbocycles. The fourth-order valence-electron chi connectivity index (χ4n) is 3.76. The highest BCUT2D eigenvalue weighted by molar-refractivity contribution is 5.40. The van der Waals surface area contributed by atoms with Gasteiger partial charge in [0.25, 0.3) is 0 Å². The molecule has 3 nitrogen and oxygen atoms in total. The summed E-state index contributed by atoms with van der Waals surface area (Å²) < 4.78 is 5.87. The smallest absolute Gasteiger partial charge is 0.125 e. The van der Waals surface area contributed by atoms with E-state index in [4.69, 9.17) is 4.74 Å². The van der Waals surface area contributed by atoms with Gasteiger partial charge >= 0.3 is 0 Å². The predicted molar refractivity (Wildman–Crippen MR) is 80.0 cm³/mol. The summed E-state index contributed by atoms with van der Waals surface area (Å²) in [7, 11) is 0. The van der Waals surface area contributed by atoms with E-state index in [0.717, 1.165) is 43.7 Å². The van der Waals surface area contributed by atoms with Gasteiger partial charge in [0, 0.05) is 18.2 Å². The van der Waals surface area contributed by atoms with Crippen LogP contribution in [0.2, 0.25) is 0 Å². The van der Waals surface area contributed by atoms with Gasteiger partial charge in [-0.3, -0.25) is 4.90 Å². The fourth-order valence-corrected chi connectivity index (χ4v) is 3.76. The summed E-state index contributed by atoms with van der Waals surface area (Å²) >= 11 is 0. The Morgan fingerprint density at radius 2 is 2.15 bits per heavy atom. The van der Waals surface area contributed by atoms with Crippen LogP contribution >= 0.6 is 0 Å². The minimum absolute atomic E-state index is 0.266. The highest BCUT2D eigenvalue weighted by Gasteiger charge is 2.48. The molecule has 1 aromatic rings. The lowest BCUT2D eigenvalue weighted by Gasteiger charge is -2.38. The van der Waals surface area contributed by atoms with E-state index in [-0.39, 0.29) is 6.04 Å². The van der Waals surface area contributed by atoms with Crippen molar-refractivity contribution in [3.63, 3.8) is 0 Å². The molecule has 3 heteroatoms. The Kier molecular flexibility index (Phi) is 3.99. The number of aliphatic hydroxyl groups is 1. The highest BCUT2D eigenvalue weighted by atomic mass is 16.5.